The highest BCUT2D eigenvalue weighted by Gasteiger charge is 2.08. The van der Waals surface area contributed by atoms with E-state index in [1.54, 1.807) is 7.11 Å². The molecule has 0 aliphatic carbocycles. The monoisotopic (exact) mass is 324 g/mol. The van der Waals surface area contributed by atoms with E-state index < -0.39 is 0 Å². The summed E-state index contributed by atoms with van der Waals surface area (Å²) < 4.78 is 5.24. The van der Waals surface area contributed by atoms with Gasteiger partial charge >= 0.3 is 0 Å². The summed E-state index contributed by atoms with van der Waals surface area (Å²) in [5.41, 5.74) is 1.70. The van der Waals surface area contributed by atoms with Crippen molar-refractivity contribution in [2.75, 3.05) is 30.9 Å². The van der Waals surface area contributed by atoms with Crippen LogP contribution in [0.25, 0.3) is 10.9 Å². The van der Waals surface area contributed by atoms with Crippen molar-refractivity contribution >= 4 is 28.4 Å². The number of hydrogen-bond donors (Lipinski definition) is 3. The van der Waals surface area contributed by atoms with Crippen molar-refractivity contribution in [2.24, 2.45) is 0 Å². The Balaban J connectivity index is 1.92. The number of nitrogens with zero attached hydrogens (tertiary/aromatic N) is 2. The number of ether oxygens (including phenoxy) is 1. The molecule has 0 atom stereocenters. The van der Waals surface area contributed by atoms with Crippen molar-refractivity contribution in [1.82, 2.24) is 9.97 Å². The molecule has 1 aromatic heterocycles. The molecule has 0 bridgehead atoms. The Morgan fingerprint density at radius 1 is 1.08 bits per heavy atom. The summed E-state index contributed by atoms with van der Waals surface area (Å²) in [6.07, 6.45) is 0.664. The number of aliphatic hydroxyl groups is 1. The van der Waals surface area contributed by atoms with Gasteiger partial charge in [-0.25, -0.2) is 4.98 Å². The van der Waals surface area contributed by atoms with Crippen molar-refractivity contribution < 1.29 is 9.84 Å². The first-order chi connectivity index (χ1) is 11.8. The van der Waals surface area contributed by atoms with Gasteiger partial charge in [0.25, 0.3) is 0 Å². The fourth-order valence-corrected chi connectivity index (χ4v) is 2.38. The summed E-state index contributed by atoms with van der Waals surface area (Å²) in [5.74, 6) is 2.02. The minimum Gasteiger partial charge on any atom is -0.497 e. The summed E-state index contributed by atoms with van der Waals surface area (Å²) in [5, 5.41) is 16.4. The first-order valence-electron chi connectivity index (χ1n) is 7.83. The van der Waals surface area contributed by atoms with E-state index in [2.05, 4.69) is 20.6 Å². The number of hydrogen-bond acceptors (Lipinski definition) is 6. The number of aromatic nitrogens is 2. The highest BCUT2D eigenvalue weighted by molar-refractivity contribution is 5.90. The van der Waals surface area contributed by atoms with Gasteiger partial charge in [-0.1, -0.05) is 18.2 Å². The van der Waals surface area contributed by atoms with Crippen molar-refractivity contribution in [1.29, 1.82) is 0 Å². The number of para-hydroxylation sites is 1. The van der Waals surface area contributed by atoms with E-state index in [-0.39, 0.29) is 6.61 Å². The quantitative estimate of drug-likeness (QED) is 0.579. The van der Waals surface area contributed by atoms with Crippen LogP contribution in [0.3, 0.4) is 0 Å². The van der Waals surface area contributed by atoms with Crippen LogP contribution in [-0.2, 0) is 0 Å². The van der Waals surface area contributed by atoms with Crippen LogP contribution >= 0.6 is 0 Å². The Hall–Kier alpha value is -2.86. The Morgan fingerprint density at radius 2 is 1.96 bits per heavy atom. The largest absolute Gasteiger partial charge is 0.497 e. The molecule has 6 heteroatoms. The van der Waals surface area contributed by atoms with E-state index in [1.165, 1.54) is 0 Å². The van der Waals surface area contributed by atoms with E-state index in [0.717, 1.165) is 28.2 Å². The molecule has 0 spiro atoms. The molecular weight excluding hydrogens is 304 g/mol. The fraction of sp³-hybridized carbons (Fsp3) is 0.222. The highest BCUT2D eigenvalue weighted by atomic mass is 16.5. The molecule has 0 unspecified atom stereocenters. The Morgan fingerprint density at radius 3 is 2.79 bits per heavy atom. The number of methoxy groups -OCH3 is 1. The first-order valence-corrected chi connectivity index (χ1v) is 7.83. The molecule has 0 radical (unpaired) electrons. The average molecular weight is 324 g/mol. The Kier molecular flexibility index (Phi) is 5.08. The normalized spacial score (nSPS) is 10.6. The maximum atomic E-state index is 8.96. The van der Waals surface area contributed by atoms with Gasteiger partial charge in [-0.05, 0) is 30.7 Å². The highest BCUT2D eigenvalue weighted by Crippen LogP contribution is 2.24. The standard InChI is InChI=1S/C18H20N4O2/c1-24-14-7-4-6-13(12-14)20-18-21-16-9-3-2-8-15(16)17(22-18)19-10-5-11-23/h2-4,6-9,12,23H,5,10-11H2,1H3,(H2,19,20,21,22). The van der Waals surface area contributed by atoms with Crippen LogP contribution in [-0.4, -0.2) is 35.3 Å². The summed E-state index contributed by atoms with van der Waals surface area (Å²) in [6.45, 7) is 0.793. The van der Waals surface area contributed by atoms with Gasteiger partial charge in [-0.15, -0.1) is 0 Å². The Bertz CT molecular complexity index is 823. The maximum Gasteiger partial charge on any atom is 0.229 e. The summed E-state index contributed by atoms with van der Waals surface area (Å²) in [6, 6.07) is 15.4. The predicted molar refractivity (Wildman–Crippen MR) is 96.0 cm³/mol. The lowest BCUT2D eigenvalue weighted by molar-refractivity contribution is 0.292. The minimum atomic E-state index is 0.144. The predicted octanol–water partition coefficient (Wildman–Crippen LogP) is 3.18. The third-order valence-corrected chi connectivity index (χ3v) is 3.56. The molecular formula is C18H20N4O2. The van der Waals surface area contributed by atoms with Crippen LogP contribution in [0, 0.1) is 0 Å². The number of benzene rings is 2. The molecule has 6 nitrogen and oxygen atoms in total. The lowest BCUT2D eigenvalue weighted by atomic mass is 10.2. The van der Waals surface area contributed by atoms with Gasteiger partial charge in [0.1, 0.15) is 11.6 Å². The smallest absolute Gasteiger partial charge is 0.229 e. The van der Waals surface area contributed by atoms with Crippen LogP contribution < -0.4 is 15.4 Å². The number of rotatable bonds is 7. The summed E-state index contributed by atoms with van der Waals surface area (Å²) in [4.78, 5) is 9.13. The molecule has 3 rings (SSSR count). The molecule has 0 saturated carbocycles. The molecule has 3 N–H and O–H groups in total. The molecule has 0 aliphatic rings. The average Bonchev–Trinajstić information content (AvgIpc) is 2.62. The van der Waals surface area contributed by atoms with Crippen molar-refractivity contribution in [2.45, 2.75) is 6.42 Å². The zero-order valence-corrected chi connectivity index (χ0v) is 13.5. The molecule has 0 fully saturated rings. The lowest BCUT2D eigenvalue weighted by Crippen LogP contribution is -2.08. The van der Waals surface area contributed by atoms with Gasteiger partial charge in [-0.2, -0.15) is 4.98 Å². The van der Waals surface area contributed by atoms with Crippen molar-refractivity contribution in [3.05, 3.63) is 48.5 Å². The number of aliphatic hydroxyl groups excluding tert-OH is 1. The molecule has 3 aromatic rings. The van der Waals surface area contributed by atoms with Crippen LogP contribution in [0.15, 0.2) is 48.5 Å². The van der Waals surface area contributed by atoms with E-state index in [9.17, 15) is 0 Å². The second-order valence-electron chi connectivity index (χ2n) is 5.27. The van der Waals surface area contributed by atoms with E-state index >= 15 is 0 Å². The number of fused-ring (bicyclic) bond motifs is 1. The third kappa shape index (κ3) is 3.72. The first kappa shape index (κ1) is 16.0. The molecule has 1 heterocycles. The van der Waals surface area contributed by atoms with E-state index in [4.69, 9.17) is 9.84 Å². The van der Waals surface area contributed by atoms with Gasteiger partial charge in [-0.3, -0.25) is 0 Å². The Labute approximate surface area is 140 Å². The molecule has 0 amide bonds. The van der Waals surface area contributed by atoms with Crippen LogP contribution in [0.4, 0.5) is 17.5 Å². The number of nitrogens with one attached hydrogen (secondary N) is 2. The van der Waals surface area contributed by atoms with E-state index in [0.29, 0.717) is 18.9 Å². The molecule has 0 aliphatic heterocycles. The zero-order valence-electron chi connectivity index (χ0n) is 13.5. The second-order valence-corrected chi connectivity index (χ2v) is 5.27. The van der Waals surface area contributed by atoms with Crippen LogP contribution in [0.2, 0.25) is 0 Å². The van der Waals surface area contributed by atoms with Gasteiger partial charge in [0, 0.05) is 30.3 Å². The van der Waals surface area contributed by atoms with Crippen molar-refractivity contribution in [3.8, 4) is 5.75 Å². The molecule has 24 heavy (non-hydrogen) atoms. The molecule has 0 saturated heterocycles. The second kappa shape index (κ2) is 7.61. The lowest BCUT2D eigenvalue weighted by Gasteiger charge is -2.12. The van der Waals surface area contributed by atoms with Crippen LogP contribution in [0.5, 0.6) is 5.75 Å². The van der Waals surface area contributed by atoms with Gasteiger partial charge in [0.15, 0.2) is 0 Å². The topological polar surface area (TPSA) is 79.3 Å². The number of anilines is 3. The summed E-state index contributed by atoms with van der Waals surface area (Å²) >= 11 is 0. The van der Waals surface area contributed by atoms with Gasteiger partial charge in [0.2, 0.25) is 5.95 Å². The van der Waals surface area contributed by atoms with E-state index in [1.807, 2.05) is 48.5 Å². The van der Waals surface area contributed by atoms with Crippen LogP contribution in [0.1, 0.15) is 6.42 Å². The third-order valence-electron chi connectivity index (χ3n) is 3.56. The maximum absolute atomic E-state index is 8.96. The fourth-order valence-electron chi connectivity index (χ4n) is 2.38. The van der Waals surface area contributed by atoms with Crippen molar-refractivity contribution in [3.63, 3.8) is 0 Å². The SMILES string of the molecule is COc1cccc(Nc2nc(NCCCO)c3ccccc3n2)c1. The van der Waals surface area contributed by atoms with Gasteiger partial charge < -0.3 is 20.5 Å². The minimum absolute atomic E-state index is 0.144. The summed E-state index contributed by atoms with van der Waals surface area (Å²) in [7, 11) is 1.63. The zero-order chi connectivity index (χ0) is 16.8. The molecule has 124 valence electrons. The molecule has 2 aromatic carbocycles. The van der Waals surface area contributed by atoms with Gasteiger partial charge in [0.05, 0.1) is 12.6 Å².